The number of ether oxygens (including phenoxy) is 1. The molecule has 0 saturated carbocycles. The molecule has 2 rings (SSSR count). The van der Waals surface area contributed by atoms with Gasteiger partial charge in [-0.25, -0.2) is 4.79 Å². The fourth-order valence-electron chi connectivity index (χ4n) is 2.39. The molecule has 0 spiro atoms. The van der Waals surface area contributed by atoms with Crippen molar-refractivity contribution in [3.8, 4) is 0 Å². The normalized spacial score (nSPS) is 10.9. The average molecular weight is 303 g/mol. The number of rotatable bonds is 6. The summed E-state index contributed by atoms with van der Waals surface area (Å²) in [5.41, 5.74) is 0.941. The van der Waals surface area contributed by atoms with E-state index in [0.717, 1.165) is 12.8 Å². The fourth-order valence-corrected chi connectivity index (χ4v) is 2.39. The zero-order valence-corrected chi connectivity index (χ0v) is 13.1. The predicted octanol–water partition coefficient (Wildman–Crippen LogP) is 3.98. The Bertz CT molecular complexity index is 670. The molecule has 5 heteroatoms. The molecule has 5 nitrogen and oxygen atoms in total. The number of para-hydroxylation sites is 1. The second-order valence-electron chi connectivity index (χ2n) is 5.03. The Morgan fingerprint density at radius 3 is 2.50 bits per heavy atom. The highest BCUT2D eigenvalue weighted by molar-refractivity contribution is 6.09. The van der Waals surface area contributed by atoms with Gasteiger partial charge in [0.05, 0.1) is 6.61 Å². The molecule has 118 valence electrons. The molecule has 1 aromatic carbocycles. The third-order valence-corrected chi connectivity index (χ3v) is 3.66. The van der Waals surface area contributed by atoms with Crippen molar-refractivity contribution in [3.63, 3.8) is 0 Å². The SMILES string of the molecule is CCOC(=O)c1oc2ccccc2c1NC(=O)C(CC)CC. The molecule has 0 atom stereocenters. The van der Waals surface area contributed by atoms with Gasteiger partial charge in [0.25, 0.3) is 0 Å². The number of benzene rings is 1. The van der Waals surface area contributed by atoms with Crippen molar-refractivity contribution in [2.75, 3.05) is 11.9 Å². The van der Waals surface area contributed by atoms with Crippen molar-refractivity contribution < 1.29 is 18.7 Å². The summed E-state index contributed by atoms with van der Waals surface area (Å²) < 4.78 is 10.6. The van der Waals surface area contributed by atoms with Gasteiger partial charge in [-0.05, 0) is 31.9 Å². The molecule has 1 N–H and O–H groups in total. The van der Waals surface area contributed by atoms with Crippen LogP contribution in [0.25, 0.3) is 11.0 Å². The van der Waals surface area contributed by atoms with E-state index in [-0.39, 0.29) is 24.2 Å². The van der Waals surface area contributed by atoms with Crippen LogP contribution < -0.4 is 5.32 Å². The first-order chi connectivity index (χ1) is 10.6. The second-order valence-corrected chi connectivity index (χ2v) is 5.03. The van der Waals surface area contributed by atoms with E-state index in [2.05, 4.69) is 5.32 Å². The maximum Gasteiger partial charge on any atom is 0.376 e. The van der Waals surface area contributed by atoms with Crippen LogP contribution in [-0.4, -0.2) is 18.5 Å². The van der Waals surface area contributed by atoms with E-state index in [4.69, 9.17) is 9.15 Å². The van der Waals surface area contributed by atoms with Crippen LogP contribution in [0.5, 0.6) is 0 Å². The first-order valence-corrected chi connectivity index (χ1v) is 7.61. The first kappa shape index (κ1) is 16.1. The number of esters is 1. The molecule has 1 amide bonds. The number of furan rings is 1. The maximum absolute atomic E-state index is 12.3. The van der Waals surface area contributed by atoms with Gasteiger partial charge >= 0.3 is 5.97 Å². The summed E-state index contributed by atoms with van der Waals surface area (Å²) in [6.45, 7) is 5.90. The zero-order valence-electron chi connectivity index (χ0n) is 13.1. The van der Waals surface area contributed by atoms with Crippen molar-refractivity contribution in [2.24, 2.45) is 5.92 Å². The van der Waals surface area contributed by atoms with Gasteiger partial charge in [0.2, 0.25) is 11.7 Å². The minimum Gasteiger partial charge on any atom is -0.460 e. The number of carbonyl (C=O) groups is 2. The zero-order chi connectivity index (χ0) is 16.1. The Morgan fingerprint density at radius 2 is 1.86 bits per heavy atom. The number of hydrogen-bond acceptors (Lipinski definition) is 4. The van der Waals surface area contributed by atoms with Gasteiger partial charge in [-0.3, -0.25) is 4.79 Å². The van der Waals surface area contributed by atoms with Crippen LogP contribution in [-0.2, 0) is 9.53 Å². The minimum atomic E-state index is -0.571. The maximum atomic E-state index is 12.3. The van der Waals surface area contributed by atoms with Crippen molar-refractivity contribution >= 4 is 28.5 Å². The predicted molar refractivity (Wildman–Crippen MR) is 84.9 cm³/mol. The van der Waals surface area contributed by atoms with E-state index in [1.54, 1.807) is 13.0 Å². The van der Waals surface area contributed by atoms with Crippen LogP contribution in [0.2, 0.25) is 0 Å². The fraction of sp³-hybridized carbons (Fsp3) is 0.412. The van der Waals surface area contributed by atoms with E-state index in [1.807, 2.05) is 32.0 Å². The third kappa shape index (κ3) is 3.13. The molecule has 22 heavy (non-hydrogen) atoms. The summed E-state index contributed by atoms with van der Waals surface area (Å²) in [6.07, 6.45) is 1.49. The van der Waals surface area contributed by atoms with Crippen LogP contribution in [0.1, 0.15) is 44.2 Å². The Kier molecular flexibility index (Phi) is 5.20. The smallest absolute Gasteiger partial charge is 0.376 e. The lowest BCUT2D eigenvalue weighted by atomic mass is 10.0. The topological polar surface area (TPSA) is 68.5 Å². The summed E-state index contributed by atoms with van der Waals surface area (Å²) in [6, 6.07) is 7.21. The van der Waals surface area contributed by atoms with Gasteiger partial charge in [-0.15, -0.1) is 0 Å². The highest BCUT2D eigenvalue weighted by Crippen LogP contribution is 2.32. The van der Waals surface area contributed by atoms with Crippen molar-refractivity contribution in [3.05, 3.63) is 30.0 Å². The van der Waals surface area contributed by atoms with Gasteiger partial charge < -0.3 is 14.5 Å². The summed E-state index contributed by atoms with van der Waals surface area (Å²) in [7, 11) is 0. The lowest BCUT2D eigenvalue weighted by Crippen LogP contribution is -2.22. The van der Waals surface area contributed by atoms with Crippen LogP contribution in [0.15, 0.2) is 28.7 Å². The van der Waals surface area contributed by atoms with Gasteiger partial charge in [0.15, 0.2) is 0 Å². The monoisotopic (exact) mass is 303 g/mol. The van der Waals surface area contributed by atoms with E-state index in [0.29, 0.717) is 16.7 Å². The average Bonchev–Trinajstić information content (AvgIpc) is 2.88. The largest absolute Gasteiger partial charge is 0.460 e. The molecule has 1 heterocycles. The van der Waals surface area contributed by atoms with E-state index in [1.165, 1.54) is 0 Å². The molecule has 0 aliphatic heterocycles. The molecule has 0 saturated heterocycles. The Hall–Kier alpha value is -2.30. The molecule has 0 radical (unpaired) electrons. The number of anilines is 1. The number of amides is 1. The van der Waals surface area contributed by atoms with Crippen LogP contribution in [0.4, 0.5) is 5.69 Å². The molecule has 0 bridgehead atoms. The summed E-state index contributed by atoms with van der Waals surface area (Å²) in [4.78, 5) is 24.4. The molecule has 0 fully saturated rings. The Labute approximate surface area is 129 Å². The molecule has 0 aliphatic rings. The second kappa shape index (κ2) is 7.11. The van der Waals surface area contributed by atoms with Gasteiger partial charge in [0, 0.05) is 11.3 Å². The highest BCUT2D eigenvalue weighted by atomic mass is 16.5. The molecule has 0 unspecified atom stereocenters. The number of fused-ring (bicyclic) bond motifs is 1. The molecule has 0 aliphatic carbocycles. The van der Waals surface area contributed by atoms with Gasteiger partial charge in [-0.2, -0.15) is 0 Å². The number of nitrogens with one attached hydrogen (secondary N) is 1. The molecule has 2 aromatic rings. The molecular formula is C17H21NO4. The highest BCUT2D eigenvalue weighted by Gasteiger charge is 2.25. The quantitative estimate of drug-likeness (QED) is 0.819. The van der Waals surface area contributed by atoms with Gasteiger partial charge in [-0.1, -0.05) is 26.0 Å². The number of carbonyl (C=O) groups excluding carboxylic acids is 2. The van der Waals surface area contributed by atoms with E-state index >= 15 is 0 Å². The Balaban J connectivity index is 2.43. The van der Waals surface area contributed by atoms with Crippen molar-refractivity contribution in [2.45, 2.75) is 33.6 Å². The summed E-state index contributed by atoms with van der Waals surface area (Å²) >= 11 is 0. The standard InChI is InChI=1S/C17H21NO4/c1-4-11(5-2)16(19)18-14-12-9-7-8-10-13(12)22-15(14)17(20)21-6-3/h7-11H,4-6H2,1-3H3,(H,18,19). The third-order valence-electron chi connectivity index (χ3n) is 3.66. The summed E-state index contributed by atoms with van der Waals surface area (Å²) in [5, 5.41) is 3.54. The lowest BCUT2D eigenvalue weighted by Gasteiger charge is -2.12. The Morgan fingerprint density at radius 1 is 1.18 bits per heavy atom. The number of hydrogen-bond donors (Lipinski definition) is 1. The van der Waals surface area contributed by atoms with Crippen LogP contribution in [0.3, 0.4) is 0 Å². The van der Waals surface area contributed by atoms with Crippen LogP contribution in [0, 0.1) is 5.92 Å². The molecule has 1 aromatic heterocycles. The van der Waals surface area contributed by atoms with Crippen molar-refractivity contribution in [1.29, 1.82) is 0 Å². The van der Waals surface area contributed by atoms with Crippen LogP contribution >= 0.6 is 0 Å². The van der Waals surface area contributed by atoms with Gasteiger partial charge in [0.1, 0.15) is 11.3 Å². The lowest BCUT2D eigenvalue weighted by molar-refractivity contribution is -0.120. The molecular weight excluding hydrogens is 282 g/mol. The first-order valence-electron chi connectivity index (χ1n) is 7.61. The summed E-state index contributed by atoms with van der Waals surface area (Å²) in [5.74, 6) is -0.730. The van der Waals surface area contributed by atoms with E-state index in [9.17, 15) is 9.59 Å². The minimum absolute atomic E-state index is 0.0438. The van der Waals surface area contributed by atoms with Crippen molar-refractivity contribution in [1.82, 2.24) is 0 Å². The van der Waals surface area contributed by atoms with E-state index < -0.39 is 5.97 Å².